The molecule has 0 radical (unpaired) electrons. The van der Waals surface area contributed by atoms with Crippen molar-refractivity contribution in [1.29, 1.82) is 0 Å². The van der Waals surface area contributed by atoms with E-state index in [-0.39, 0.29) is 0 Å². The van der Waals surface area contributed by atoms with Crippen LogP contribution < -0.4 is 5.73 Å². The summed E-state index contributed by atoms with van der Waals surface area (Å²) in [4.78, 5) is 7.82. The average Bonchev–Trinajstić information content (AvgIpc) is 3.10. The molecule has 4 nitrogen and oxygen atoms in total. The number of rotatable bonds is 6. The topological polar surface area (TPSA) is 51.4 Å². The Bertz CT molecular complexity index is 558. The van der Waals surface area contributed by atoms with Gasteiger partial charge in [-0.3, -0.25) is 4.90 Å². The SMILES string of the molecule is Nc1ncc(CN2CCC(COCc3ccccc3)C2)s1. The van der Waals surface area contributed by atoms with Gasteiger partial charge in [-0.25, -0.2) is 4.98 Å². The highest BCUT2D eigenvalue weighted by molar-refractivity contribution is 7.15. The lowest BCUT2D eigenvalue weighted by Crippen LogP contribution is -2.21. The predicted molar refractivity (Wildman–Crippen MR) is 86.0 cm³/mol. The highest BCUT2D eigenvalue weighted by Crippen LogP contribution is 2.22. The molecule has 1 aliphatic heterocycles. The second-order valence-corrected chi connectivity index (χ2v) is 6.70. The fourth-order valence-corrected chi connectivity index (χ4v) is 3.45. The molecule has 2 aromatic rings. The lowest BCUT2D eigenvalue weighted by molar-refractivity contribution is 0.0885. The van der Waals surface area contributed by atoms with E-state index in [4.69, 9.17) is 10.5 Å². The van der Waals surface area contributed by atoms with Crippen LogP contribution in [0.25, 0.3) is 0 Å². The van der Waals surface area contributed by atoms with Gasteiger partial charge in [-0.15, -0.1) is 11.3 Å². The number of nitrogens with two attached hydrogens (primary N) is 1. The Morgan fingerprint density at radius 2 is 2.19 bits per heavy atom. The molecule has 0 aliphatic carbocycles. The van der Waals surface area contributed by atoms with Crippen molar-refractivity contribution < 1.29 is 4.74 Å². The third-order valence-electron chi connectivity index (χ3n) is 3.79. The summed E-state index contributed by atoms with van der Waals surface area (Å²) in [5.41, 5.74) is 6.91. The van der Waals surface area contributed by atoms with Crippen LogP contribution in [-0.2, 0) is 17.9 Å². The summed E-state index contributed by atoms with van der Waals surface area (Å²) in [5, 5.41) is 0.659. The molecule has 1 fully saturated rings. The molecular formula is C16H21N3OS. The predicted octanol–water partition coefficient (Wildman–Crippen LogP) is 2.76. The number of hydrogen-bond donors (Lipinski definition) is 1. The van der Waals surface area contributed by atoms with Gasteiger partial charge in [0, 0.05) is 24.2 Å². The minimum atomic E-state index is 0.638. The van der Waals surface area contributed by atoms with Crippen molar-refractivity contribution in [1.82, 2.24) is 9.88 Å². The molecule has 0 bridgehead atoms. The third kappa shape index (κ3) is 4.27. The van der Waals surface area contributed by atoms with Crippen LogP contribution in [0.4, 0.5) is 5.13 Å². The van der Waals surface area contributed by atoms with Crippen LogP contribution in [0.1, 0.15) is 16.9 Å². The molecule has 1 unspecified atom stereocenters. The fraction of sp³-hybridized carbons (Fsp3) is 0.438. The lowest BCUT2D eigenvalue weighted by atomic mass is 10.1. The van der Waals surface area contributed by atoms with Gasteiger partial charge in [-0.05, 0) is 24.4 Å². The van der Waals surface area contributed by atoms with Gasteiger partial charge < -0.3 is 10.5 Å². The summed E-state index contributed by atoms with van der Waals surface area (Å²) >= 11 is 1.58. The first-order valence-electron chi connectivity index (χ1n) is 7.34. The second-order valence-electron chi connectivity index (χ2n) is 5.56. The molecule has 1 saturated heterocycles. The maximum absolute atomic E-state index is 5.85. The number of nitrogen functional groups attached to an aromatic ring is 1. The van der Waals surface area contributed by atoms with Crippen molar-refractivity contribution in [2.24, 2.45) is 5.92 Å². The molecule has 0 amide bonds. The minimum Gasteiger partial charge on any atom is -0.376 e. The molecule has 2 N–H and O–H groups in total. The van der Waals surface area contributed by atoms with Gasteiger partial charge in [0.15, 0.2) is 5.13 Å². The Morgan fingerprint density at radius 1 is 1.33 bits per heavy atom. The van der Waals surface area contributed by atoms with Gasteiger partial charge in [-0.2, -0.15) is 0 Å². The van der Waals surface area contributed by atoms with Gasteiger partial charge in [0.1, 0.15) is 0 Å². The van der Waals surface area contributed by atoms with Crippen molar-refractivity contribution in [3.8, 4) is 0 Å². The van der Waals surface area contributed by atoms with Gasteiger partial charge in [-0.1, -0.05) is 30.3 Å². The fourth-order valence-electron chi connectivity index (χ4n) is 2.73. The standard InChI is InChI=1S/C16H21N3OS/c17-16-18-8-15(21-16)10-19-7-6-14(9-19)12-20-11-13-4-2-1-3-5-13/h1-5,8,14H,6-7,9-12H2,(H2,17,18). The maximum Gasteiger partial charge on any atom is 0.180 e. The number of thiazole rings is 1. The van der Waals surface area contributed by atoms with Gasteiger partial charge >= 0.3 is 0 Å². The summed E-state index contributed by atoms with van der Waals surface area (Å²) in [6.45, 7) is 4.76. The summed E-state index contributed by atoms with van der Waals surface area (Å²) < 4.78 is 5.85. The number of nitrogens with zero attached hydrogens (tertiary/aromatic N) is 2. The van der Waals surface area contributed by atoms with Gasteiger partial charge in [0.05, 0.1) is 13.2 Å². The smallest absolute Gasteiger partial charge is 0.180 e. The van der Waals surface area contributed by atoms with E-state index in [9.17, 15) is 0 Å². The zero-order valence-corrected chi connectivity index (χ0v) is 12.9. The highest BCUT2D eigenvalue weighted by Gasteiger charge is 2.23. The summed E-state index contributed by atoms with van der Waals surface area (Å²) in [7, 11) is 0. The van der Waals surface area contributed by atoms with Crippen LogP contribution in [0.3, 0.4) is 0 Å². The van der Waals surface area contributed by atoms with E-state index in [0.717, 1.165) is 26.2 Å². The average molecular weight is 303 g/mol. The van der Waals surface area contributed by atoms with E-state index in [1.807, 2.05) is 12.3 Å². The Morgan fingerprint density at radius 3 is 2.95 bits per heavy atom. The van der Waals surface area contributed by atoms with Crippen LogP contribution >= 0.6 is 11.3 Å². The van der Waals surface area contributed by atoms with Crippen molar-refractivity contribution in [2.75, 3.05) is 25.4 Å². The van der Waals surface area contributed by atoms with Gasteiger partial charge in [0.25, 0.3) is 0 Å². The number of aromatic nitrogens is 1. The molecule has 2 heterocycles. The highest BCUT2D eigenvalue weighted by atomic mass is 32.1. The molecule has 0 saturated carbocycles. The van der Waals surface area contributed by atoms with Gasteiger partial charge in [0.2, 0.25) is 0 Å². The van der Waals surface area contributed by atoms with E-state index >= 15 is 0 Å². The Hall–Kier alpha value is -1.43. The number of hydrogen-bond acceptors (Lipinski definition) is 5. The van der Waals surface area contributed by atoms with Crippen molar-refractivity contribution in [2.45, 2.75) is 19.6 Å². The molecule has 112 valence electrons. The number of ether oxygens (including phenoxy) is 1. The lowest BCUT2D eigenvalue weighted by Gasteiger charge is -2.14. The molecule has 0 spiro atoms. The monoisotopic (exact) mass is 303 g/mol. The molecule has 1 aromatic heterocycles. The first kappa shape index (κ1) is 14.5. The van der Waals surface area contributed by atoms with Crippen molar-refractivity contribution >= 4 is 16.5 Å². The zero-order chi connectivity index (χ0) is 14.5. The first-order chi connectivity index (χ1) is 10.3. The first-order valence-corrected chi connectivity index (χ1v) is 8.15. The molecule has 1 aromatic carbocycles. The molecular weight excluding hydrogens is 282 g/mol. The number of anilines is 1. The number of likely N-dealkylation sites (tertiary alicyclic amines) is 1. The molecule has 21 heavy (non-hydrogen) atoms. The molecule has 3 rings (SSSR count). The zero-order valence-electron chi connectivity index (χ0n) is 12.1. The van der Waals surface area contributed by atoms with Crippen molar-refractivity contribution in [3.05, 3.63) is 47.0 Å². The van der Waals surface area contributed by atoms with Crippen LogP contribution in [-0.4, -0.2) is 29.6 Å². The van der Waals surface area contributed by atoms with E-state index in [0.29, 0.717) is 17.7 Å². The third-order valence-corrected chi connectivity index (χ3v) is 4.60. The summed E-state index contributed by atoms with van der Waals surface area (Å²) in [5.74, 6) is 0.638. The normalized spacial score (nSPS) is 19.1. The number of benzene rings is 1. The quantitative estimate of drug-likeness (QED) is 0.891. The largest absolute Gasteiger partial charge is 0.376 e. The van der Waals surface area contributed by atoms with Crippen LogP contribution in [0, 0.1) is 5.92 Å². The maximum atomic E-state index is 5.85. The minimum absolute atomic E-state index is 0.638. The summed E-state index contributed by atoms with van der Waals surface area (Å²) in [6, 6.07) is 10.3. The molecule has 5 heteroatoms. The van der Waals surface area contributed by atoms with Crippen LogP contribution in [0.5, 0.6) is 0 Å². The van der Waals surface area contributed by atoms with Crippen molar-refractivity contribution in [3.63, 3.8) is 0 Å². The van der Waals surface area contributed by atoms with E-state index in [2.05, 4.69) is 34.1 Å². The summed E-state index contributed by atoms with van der Waals surface area (Å²) in [6.07, 6.45) is 3.10. The molecule has 1 aliphatic rings. The van der Waals surface area contributed by atoms with E-state index < -0.39 is 0 Å². The Balaban J connectivity index is 1.38. The van der Waals surface area contributed by atoms with E-state index in [1.165, 1.54) is 16.9 Å². The Kier molecular flexibility index (Phi) is 4.85. The second kappa shape index (κ2) is 7.02. The van der Waals surface area contributed by atoms with Crippen LogP contribution in [0.15, 0.2) is 36.5 Å². The molecule has 1 atom stereocenters. The van der Waals surface area contributed by atoms with Crippen LogP contribution in [0.2, 0.25) is 0 Å². The Labute approximate surface area is 129 Å². The van der Waals surface area contributed by atoms with E-state index in [1.54, 1.807) is 11.3 Å².